The van der Waals surface area contributed by atoms with E-state index in [1.54, 1.807) is 50.1 Å². The minimum absolute atomic E-state index is 0.0433. The Morgan fingerprint density at radius 3 is 2.47 bits per heavy atom. The lowest BCUT2D eigenvalue weighted by Crippen LogP contribution is -2.27. The summed E-state index contributed by atoms with van der Waals surface area (Å²) in [6, 6.07) is 8.71. The lowest BCUT2D eigenvalue weighted by Gasteiger charge is -2.12. The molecule has 2 heterocycles. The number of amides is 2. The van der Waals surface area contributed by atoms with E-state index in [9.17, 15) is 9.59 Å². The predicted molar refractivity (Wildman–Crippen MR) is 113 cm³/mol. The third-order valence-corrected chi connectivity index (χ3v) is 4.43. The van der Waals surface area contributed by atoms with E-state index in [0.717, 1.165) is 16.6 Å². The number of rotatable bonds is 7. The van der Waals surface area contributed by atoms with Crippen LogP contribution in [0.25, 0.3) is 11.0 Å². The zero-order chi connectivity index (χ0) is 21.8. The van der Waals surface area contributed by atoms with Crippen molar-refractivity contribution in [2.75, 3.05) is 32.6 Å². The molecule has 0 saturated heterocycles. The summed E-state index contributed by atoms with van der Waals surface area (Å²) in [5, 5.41) is 7.89. The summed E-state index contributed by atoms with van der Waals surface area (Å²) in [6.07, 6.45) is 0. The van der Waals surface area contributed by atoms with E-state index in [2.05, 4.69) is 15.4 Å². The van der Waals surface area contributed by atoms with Gasteiger partial charge in [-0.2, -0.15) is 0 Å². The molecule has 0 unspecified atom stereocenters. The maximum absolute atomic E-state index is 12.3. The molecule has 1 N–H and O–H groups in total. The van der Waals surface area contributed by atoms with Gasteiger partial charge in [0.25, 0.3) is 11.8 Å². The van der Waals surface area contributed by atoms with Gasteiger partial charge in [-0.3, -0.25) is 9.59 Å². The van der Waals surface area contributed by atoms with Crippen LogP contribution in [0.2, 0.25) is 0 Å². The van der Waals surface area contributed by atoms with E-state index in [4.69, 9.17) is 9.47 Å². The first-order valence-corrected chi connectivity index (χ1v) is 9.41. The van der Waals surface area contributed by atoms with Gasteiger partial charge in [0.15, 0.2) is 18.9 Å². The molecule has 0 bridgehead atoms. The highest BCUT2D eigenvalue weighted by Gasteiger charge is 2.15. The zero-order valence-corrected chi connectivity index (χ0v) is 17.7. The van der Waals surface area contributed by atoms with Crippen LogP contribution in [0, 0.1) is 13.8 Å². The second-order valence-corrected chi connectivity index (χ2v) is 7.15. The Kier molecular flexibility index (Phi) is 6.20. The molecule has 1 aromatic carbocycles. The van der Waals surface area contributed by atoms with Crippen molar-refractivity contribution in [3.8, 4) is 11.6 Å². The minimum atomic E-state index is -0.317. The average Bonchev–Trinajstić information content (AvgIpc) is 3.01. The second kappa shape index (κ2) is 8.81. The van der Waals surface area contributed by atoms with Gasteiger partial charge in [-0.15, -0.1) is 5.10 Å². The number of anilines is 1. The van der Waals surface area contributed by atoms with Gasteiger partial charge in [0, 0.05) is 32.5 Å². The molecule has 0 aliphatic carbocycles. The zero-order valence-electron chi connectivity index (χ0n) is 17.7. The van der Waals surface area contributed by atoms with Gasteiger partial charge in [-0.25, -0.2) is 9.67 Å². The minimum Gasteiger partial charge on any atom is -0.484 e. The molecule has 2 amide bonds. The third kappa shape index (κ3) is 4.86. The molecule has 30 heavy (non-hydrogen) atoms. The summed E-state index contributed by atoms with van der Waals surface area (Å²) >= 11 is 0. The molecule has 3 aromatic rings. The van der Waals surface area contributed by atoms with Crippen LogP contribution in [-0.2, 0) is 16.6 Å². The van der Waals surface area contributed by atoms with Crippen LogP contribution in [0.4, 0.5) is 5.69 Å². The van der Waals surface area contributed by atoms with Gasteiger partial charge in [-0.1, -0.05) is 0 Å². The molecular formula is C21H25N5O4. The number of aryl methyl sites for hydroxylation is 3. The molecule has 0 saturated carbocycles. The Morgan fingerprint density at radius 1 is 1.10 bits per heavy atom. The standard InChI is InChI=1S/C21H25N5O4/c1-13-10-14(2)22-20-19(13)21(24-26(20)5)30-11-17(27)23-15-6-8-16(9-7-15)29-12-18(28)25(3)4/h6-10H,11-12H2,1-5H3,(H,23,27). The van der Waals surface area contributed by atoms with Crippen molar-refractivity contribution < 1.29 is 19.1 Å². The number of ether oxygens (including phenoxy) is 2. The molecule has 9 heteroatoms. The predicted octanol–water partition coefficient (Wildman–Crippen LogP) is 2.07. The van der Waals surface area contributed by atoms with E-state index < -0.39 is 0 Å². The fourth-order valence-corrected chi connectivity index (χ4v) is 2.89. The average molecular weight is 411 g/mol. The smallest absolute Gasteiger partial charge is 0.262 e. The molecule has 3 rings (SSSR count). The van der Waals surface area contributed by atoms with E-state index in [1.165, 1.54) is 4.90 Å². The van der Waals surface area contributed by atoms with Crippen molar-refractivity contribution >= 4 is 28.5 Å². The Labute approximate surface area is 174 Å². The molecule has 0 radical (unpaired) electrons. The first kappa shape index (κ1) is 21.1. The number of hydrogen-bond acceptors (Lipinski definition) is 6. The van der Waals surface area contributed by atoms with Gasteiger partial charge < -0.3 is 19.7 Å². The highest BCUT2D eigenvalue weighted by molar-refractivity contribution is 5.92. The molecule has 0 atom stereocenters. The van der Waals surface area contributed by atoms with Crippen LogP contribution in [0.15, 0.2) is 30.3 Å². The number of aromatic nitrogens is 3. The van der Waals surface area contributed by atoms with Crippen molar-refractivity contribution in [2.24, 2.45) is 7.05 Å². The number of carbonyl (C=O) groups is 2. The molecular weight excluding hydrogens is 386 g/mol. The maximum Gasteiger partial charge on any atom is 0.262 e. The molecule has 0 fully saturated rings. The van der Waals surface area contributed by atoms with Gasteiger partial charge in [0.1, 0.15) is 5.75 Å². The summed E-state index contributed by atoms with van der Waals surface area (Å²) in [5.41, 5.74) is 3.19. The van der Waals surface area contributed by atoms with Crippen molar-refractivity contribution in [2.45, 2.75) is 13.8 Å². The van der Waals surface area contributed by atoms with E-state index in [0.29, 0.717) is 23.0 Å². The van der Waals surface area contributed by atoms with Crippen LogP contribution in [-0.4, -0.2) is 58.8 Å². The number of hydrogen-bond donors (Lipinski definition) is 1. The largest absolute Gasteiger partial charge is 0.484 e. The molecule has 158 valence electrons. The summed E-state index contributed by atoms with van der Waals surface area (Å²) in [4.78, 5) is 29.8. The van der Waals surface area contributed by atoms with Crippen LogP contribution in [0.5, 0.6) is 11.6 Å². The molecule has 0 aliphatic heterocycles. The summed E-state index contributed by atoms with van der Waals surface area (Å²) < 4.78 is 12.7. The van der Waals surface area contributed by atoms with Gasteiger partial charge in [0.05, 0.1) is 5.39 Å². The van der Waals surface area contributed by atoms with Crippen LogP contribution in [0.1, 0.15) is 11.3 Å². The summed E-state index contributed by atoms with van der Waals surface area (Å²) in [7, 11) is 5.12. The van der Waals surface area contributed by atoms with E-state index >= 15 is 0 Å². The Hall–Kier alpha value is -3.62. The monoisotopic (exact) mass is 411 g/mol. The SMILES string of the molecule is Cc1cc(C)c2c(OCC(=O)Nc3ccc(OCC(=O)N(C)C)cc3)nn(C)c2n1. The highest BCUT2D eigenvalue weighted by atomic mass is 16.5. The molecule has 2 aromatic heterocycles. The first-order chi connectivity index (χ1) is 14.2. The van der Waals surface area contributed by atoms with Crippen molar-refractivity contribution in [1.82, 2.24) is 19.7 Å². The molecule has 9 nitrogen and oxygen atoms in total. The van der Waals surface area contributed by atoms with E-state index in [1.807, 2.05) is 19.9 Å². The number of nitrogens with zero attached hydrogens (tertiary/aromatic N) is 4. The maximum atomic E-state index is 12.3. The van der Waals surface area contributed by atoms with Crippen LogP contribution < -0.4 is 14.8 Å². The Balaban J connectivity index is 1.58. The topological polar surface area (TPSA) is 98.6 Å². The third-order valence-electron chi connectivity index (χ3n) is 4.43. The van der Waals surface area contributed by atoms with Crippen LogP contribution in [0.3, 0.4) is 0 Å². The number of benzene rings is 1. The summed E-state index contributed by atoms with van der Waals surface area (Å²) in [6.45, 7) is 3.65. The first-order valence-electron chi connectivity index (χ1n) is 9.41. The summed E-state index contributed by atoms with van der Waals surface area (Å²) in [5.74, 6) is 0.467. The van der Waals surface area contributed by atoms with Crippen molar-refractivity contribution in [1.29, 1.82) is 0 Å². The van der Waals surface area contributed by atoms with E-state index in [-0.39, 0.29) is 25.0 Å². The molecule has 0 aliphatic rings. The fraction of sp³-hybridized carbons (Fsp3) is 0.333. The fourth-order valence-electron chi connectivity index (χ4n) is 2.89. The van der Waals surface area contributed by atoms with Crippen LogP contribution >= 0.6 is 0 Å². The second-order valence-electron chi connectivity index (χ2n) is 7.15. The number of likely N-dealkylation sites (N-methyl/N-ethyl adjacent to an activating group) is 1. The van der Waals surface area contributed by atoms with Crippen molar-refractivity contribution in [3.05, 3.63) is 41.6 Å². The van der Waals surface area contributed by atoms with Gasteiger partial charge in [0.2, 0.25) is 5.88 Å². The quantitative estimate of drug-likeness (QED) is 0.639. The Bertz CT molecular complexity index is 1070. The van der Waals surface area contributed by atoms with Gasteiger partial charge >= 0.3 is 0 Å². The number of pyridine rings is 1. The Morgan fingerprint density at radius 2 is 1.80 bits per heavy atom. The molecule has 0 spiro atoms. The van der Waals surface area contributed by atoms with Crippen molar-refractivity contribution in [3.63, 3.8) is 0 Å². The highest BCUT2D eigenvalue weighted by Crippen LogP contribution is 2.27. The number of carbonyl (C=O) groups excluding carboxylic acids is 2. The lowest BCUT2D eigenvalue weighted by molar-refractivity contribution is -0.130. The van der Waals surface area contributed by atoms with Gasteiger partial charge in [-0.05, 0) is 49.7 Å². The normalized spacial score (nSPS) is 10.7. The number of fused-ring (bicyclic) bond motifs is 1. The number of nitrogens with one attached hydrogen (secondary N) is 1. The lowest BCUT2D eigenvalue weighted by atomic mass is 10.2.